The van der Waals surface area contributed by atoms with Gasteiger partial charge >= 0.3 is 0 Å². The van der Waals surface area contributed by atoms with Gasteiger partial charge in [0, 0.05) is 5.69 Å². The lowest BCUT2D eigenvalue weighted by Crippen LogP contribution is -1.96. The minimum absolute atomic E-state index is 0.414. The molecule has 0 atom stereocenters. The fraction of sp³-hybridized carbons (Fsp3) is 0. The zero-order chi connectivity index (χ0) is 11.7. The average molecular weight is 219 g/mol. The topological polar surface area (TPSA) is 41.6 Å². The van der Waals surface area contributed by atoms with Gasteiger partial charge in [-0.3, -0.25) is 4.57 Å². The minimum Gasteiger partial charge on any atom is -0.284 e. The van der Waals surface area contributed by atoms with Crippen LogP contribution in [0.1, 0.15) is 5.82 Å². The number of nitriles is 1. The van der Waals surface area contributed by atoms with Gasteiger partial charge < -0.3 is 0 Å². The number of benzene rings is 2. The number of fused-ring (bicyclic) bond motifs is 1. The van der Waals surface area contributed by atoms with Crippen LogP contribution >= 0.6 is 0 Å². The van der Waals surface area contributed by atoms with Gasteiger partial charge in [0.1, 0.15) is 6.07 Å². The van der Waals surface area contributed by atoms with E-state index >= 15 is 0 Å². The summed E-state index contributed by atoms with van der Waals surface area (Å²) in [5.74, 6) is 0.414. The summed E-state index contributed by atoms with van der Waals surface area (Å²) in [6.45, 7) is 0. The normalized spacial score (nSPS) is 10.3. The molecule has 1 aromatic heterocycles. The van der Waals surface area contributed by atoms with E-state index in [1.54, 1.807) is 0 Å². The van der Waals surface area contributed by atoms with Gasteiger partial charge in [0.15, 0.2) is 0 Å². The summed E-state index contributed by atoms with van der Waals surface area (Å²) in [7, 11) is 0. The number of rotatable bonds is 1. The maximum Gasteiger partial charge on any atom is 0.218 e. The lowest BCUT2D eigenvalue weighted by atomic mass is 10.3. The van der Waals surface area contributed by atoms with E-state index in [0.717, 1.165) is 16.7 Å². The smallest absolute Gasteiger partial charge is 0.218 e. The van der Waals surface area contributed by atoms with E-state index in [1.165, 1.54) is 0 Å². The molecule has 0 amide bonds. The van der Waals surface area contributed by atoms with Crippen LogP contribution in [0.15, 0.2) is 54.6 Å². The Hall–Kier alpha value is -2.60. The van der Waals surface area contributed by atoms with Crippen molar-refractivity contribution in [1.82, 2.24) is 9.55 Å². The molecule has 80 valence electrons. The summed E-state index contributed by atoms with van der Waals surface area (Å²) in [5.41, 5.74) is 2.75. The number of hydrogen-bond donors (Lipinski definition) is 0. The van der Waals surface area contributed by atoms with Crippen LogP contribution in [-0.2, 0) is 0 Å². The molecule has 17 heavy (non-hydrogen) atoms. The van der Waals surface area contributed by atoms with E-state index < -0.39 is 0 Å². The Morgan fingerprint density at radius 1 is 0.941 bits per heavy atom. The molecular weight excluding hydrogens is 210 g/mol. The van der Waals surface area contributed by atoms with Gasteiger partial charge in [-0.2, -0.15) is 5.26 Å². The SMILES string of the molecule is N#Cc1nc2ccccc2n1-c1ccccc1. The molecule has 0 saturated carbocycles. The average Bonchev–Trinajstić information content (AvgIpc) is 2.78. The molecule has 0 aliphatic heterocycles. The van der Waals surface area contributed by atoms with Gasteiger partial charge in [-0.15, -0.1) is 0 Å². The fourth-order valence-electron chi connectivity index (χ4n) is 1.94. The first-order chi connectivity index (χ1) is 8.40. The van der Waals surface area contributed by atoms with Crippen LogP contribution in [0.2, 0.25) is 0 Å². The third kappa shape index (κ3) is 1.47. The van der Waals surface area contributed by atoms with Gasteiger partial charge in [-0.25, -0.2) is 4.98 Å². The van der Waals surface area contributed by atoms with Crippen molar-refractivity contribution >= 4 is 11.0 Å². The minimum atomic E-state index is 0.414. The van der Waals surface area contributed by atoms with Gasteiger partial charge in [-0.05, 0) is 24.3 Å². The van der Waals surface area contributed by atoms with Crippen LogP contribution in [0.25, 0.3) is 16.7 Å². The van der Waals surface area contributed by atoms with Crippen LogP contribution in [0.4, 0.5) is 0 Å². The first-order valence-corrected chi connectivity index (χ1v) is 5.33. The molecule has 3 aromatic rings. The number of imidazole rings is 1. The molecule has 0 saturated heterocycles. The monoisotopic (exact) mass is 219 g/mol. The molecule has 0 aliphatic rings. The standard InChI is InChI=1S/C14H9N3/c15-10-14-16-12-8-4-5-9-13(12)17(14)11-6-2-1-3-7-11/h1-9H. The third-order valence-corrected chi connectivity index (χ3v) is 2.68. The van der Waals surface area contributed by atoms with Gasteiger partial charge in [-0.1, -0.05) is 30.3 Å². The van der Waals surface area contributed by atoms with Crippen LogP contribution < -0.4 is 0 Å². The molecule has 0 unspecified atom stereocenters. The van der Waals surface area contributed by atoms with Crippen LogP contribution in [-0.4, -0.2) is 9.55 Å². The van der Waals surface area contributed by atoms with Gasteiger partial charge in [0.25, 0.3) is 0 Å². The summed E-state index contributed by atoms with van der Waals surface area (Å²) in [4.78, 5) is 4.31. The van der Waals surface area contributed by atoms with Crippen molar-refractivity contribution in [3.05, 3.63) is 60.4 Å². The number of nitrogens with zero attached hydrogens (tertiary/aromatic N) is 3. The number of aromatic nitrogens is 2. The molecule has 0 aliphatic carbocycles. The van der Waals surface area contributed by atoms with E-state index in [2.05, 4.69) is 11.1 Å². The van der Waals surface area contributed by atoms with Crippen molar-refractivity contribution in [1.29, 1.82) is 5.26 Å². The Labute approximate surface area is 98.6 Å². The van der Waals surface area contributed by atoms with Crippen molar-refractivity contribution in [2.24, 2.45) is 0 Å². The highest BCUT2D eigenvalue weighted by Crippen LogP contribution is 2.20. The van der Waals surface area contributed by atoms with Crippen molar-refractivity contribution in [2.45, 2.75) is 0 Å². The van der Waals surface area contributed by atoms with E-state index in [-0.39, 0.29) is 0 Å². The maximum absolute atomic E-state index is 9.15. The predicted octanol–water partition coefficient (Wildman–Crippen LogP) is 2.90. The Morgan fingerprint density at radius 2 is 1.65 bits per heavy atom. The molecule has 0 fully saturated rings. The highest BCUT2D eigenvalue weighted by Gasteiger charge is 2.10. The molecule has 2 aromatic carbocycles. The van der Waals surface area contributed by atoms with Crippen molar-refractivity contribution in [3.63, 3.8) is 0 Å². The van der Waals surface area contributed by atoms with Crippen molar-refractivity contribution in [3.8, 4) is 11.8 Å². The van der Waals surface area contributed by atoms with Crippen molar-refractivity contribution < 1.29 is 0 Å². The predicted molar refractivity (Wildman–Crippen MR) is 65.8 cm³/mol. The summed E-state index contributed by atoms with van der Waals surface area (Å²) in [5, 5.41) is 9.15. The second kappa shape index (κ2) is 3.76. The van der Waals surface area contributed by atoms with Crippen molar-refractivity contribution in [2.75, 3.05) is 0 Å². The molecule has 3 nitrogen and oxygen atoms in total. The number of para-hydroxylation sites is 3. The highest BCUT2D eigenvalue weighted by atomic mass is 15.1. The highest BCUT2D eigenvalue weighted by molar-refractivity contribution is 5.78. The van der Waals surface area contributed by atoms with E-state index in [0.29, 0.717) is 5.82 Å². The Kier molecular flexibility index (Phi) is 2.13. The van der Waals surface area contributed by atoms with Crippen LogP contribution in [0, 0.1) is 11.3 Å². The third-order valence-electron chi connectivity index (χ3n) is 2.68. The second-order valence-corrected chi connectivity index (χ2v) is 3.71. The van der Waals surface area contributed by atoms with Crippen LogP contribution in [0.3, 0.4) is 0 Å². The fourth-order valence-corrected chi connectivity index (χ4v) is 1.94. The lowest BCUT2D eigenvalue weighted by Gasteiger charge is -2.04. The maximum atomic E-state index is 9.15. The van der Waals surface area contributed by atoms with Gasteiger partial charge in [0.05, 0.1) is 11.0 Å². The summed E-state index contributed by atoms with van der Waals surface area (Å²) in [6.07, 6.45) is 0. The Morgan fingerprint density at radius 3 is 2.41 bits per heavy atom. The van der Waals surface area contributed by atoms with E-state index in [1.807, 2.05) is 59.2 Å². The molecular formula is C14H9N3. The zero-order valence-corrected chi connectivity index (χ0v) is 9.04. The quantitative estimate of drug-likeness (QED) is 0.631. The summed E-state index contributed by atoms with van der Waals surface area (Å²) < 4.78 is 1.87. The van der Waals surface area contributed by atoms with Gasteiger partial charge in [0.2, 0.25) is 5.82 Å². The molecule has 0 radical (unpaired) electrons. The summed E-state index contributed by atoms with van der Waals surface area (Å²) >= 11 is 0. The lowest BCUT2D eigenvalue weighted by molar-refractivity contribution is 1.05. The molecule has 0 spiro atoms. The summed E-state index contributed by atoms with van der Waals surface area (Å²) in [6, 6.07) is 19.7. The molecule has 3 heteroatoms. The first-order valence-electron chi connectivity index (χ1n) is 5.33. The molecule has 3 rings (SSSR count). The molecule has 1 heterocycles. The Bertz CT molecular complexity index is 705. The van der Waals surface area contributed by atoms with E-state index in [9.17, 15) is 0 Å². The zero-order valence-electron chi connectivity index (χ0n) is 9.04. The number of hydrogen-bond acceptors (Lipinski definition) is 2. The first kappa shape index (κ1) is 9.61. The molecule has 0 N–H and O–H groups in total. The largest absolute Gasteiger partial charge is 0.284 e. The van der Waals surface area contributed by atoms with E-state index in [4.69, 9.17) is 5.26 Å². The second-order valence-electron chi connectivity index (χ2n) is 3.71. The Balaban J connectivity index is 2.39. The molecule has 0 bridgehead atoms. The van der Waals surface area contributed by atoms with Crippen LogP contribution in [0.5, 0.6) is 0 Å².